The number of carbonyl (C=O) groups excluding carboxylic acids is 1. The summed E-state index contributed by atoms with van der Waals surface area (Å²) in [6, 6.07) is 11.0. The summed E-state index contributed by atoms with van der Waals surface area (Å²) >= 11 is 0. The molecule has 0 saturated carbocycles. The van der Waals surface area contributed by atoms with Crippen LogP contribution in [0.15, 0.2) is 53.5 Å². The van der Waals surface area contributed by atoms with Gasteiger partial charge in [-0.15, -0.1) is 0 Å². The zero-order valence-corrected chi connectivity index (χ0v) is 16.3. The first kappa shape index (κ1) is 19.8. The summed E-state index contributed by atoms with van der Waals surface area (Å²) in [5.41, 5.74) is 1.13. The Morgan fingerprint density at radius 3 is 2.57 bits per heavy atom. The summed E-state index contributed by atoms with van der Waals surface area (Å²) in [6.07, 6.45) is 1.56. The van der Waals surface area contributed by atoms with Gasteiger partial charge in [0.15, 0.2) is 11.4 Å². The molecule has 1 aliphatic rings. The normalized spacial score (nSPS) is 13.4. The van der Waals surface area contributed by atoms with Crippen molar-refractivity contribution in [2.45, 2.75) is 19.7 Å². The van der Waals surface area contributed by atoms with Gasteiger partial charge in [-0.05, 0) is 29.8 Å². The van der Waals surface area contributed by atoms with E-state index in [0.717, 1.165) is 5.56 Å². The minimum absolute atomic E-state index is 0.0694. The smallest absolute Gasteiger partial charge is 0.274 e. The second-order valence-corrected chi connectivity index (χ2v) is 7.00. The van der Waals surface area contributed by atoms with Gasteiger partial charge in [0.1, 0.15) is 5.82 Å². The Morgan fingerprint density at radius 2 is 1.90 bits per heavy atom. The Balaban J connectivity index is 1.80. The monoisotopic (exact) mass is 409 g/mol. The number of carbonyl (C=O) groups is 1. The van der Waals surface area contributed by atoms with E-state index in [0.29, 0.717) is 24.5 Å². The second kappa shape index (κ2) is 8.08. The fourth-order valence-electron chi connectivity index (χ4n) is 3.71. The molecule has 0 bridgehead atoms. The number of aromatic nitrogens is 2. The van der Waals surface area contributed by atoms with E-state index in [2.05, 4.69) is 4.98 Å². The average Bonchev–Trinajstić information content (AvgIpc) is 2.75. The van der Waals surface area contributed by atoms with Crippen LogP contribution in [0.1, 0.15) is 21.7 Å². The molecule has 30 heavy (non-hydrogen) atoms. The third-order valence-corrected chi connectivity index (χ3v) is 5.12. The van der Waals surface area contributed by atoms with E-state index in [1.165, 1.54) is 24.1 Å². The molecule has 0 aliphatic carbocycles. The molecule has 0 spiro atoms. The van der Waals surface area contributed by atoms with Crippen molar-refractivity contribution in [1.29, 1.82) is 0 Å². The third-order valence-electron chi connectivity index (χ3n) is 5.12. The van der Waals surface area contributed by atoms with Crippen molar-refractivity contribution < 1.29 is 19.0 Å². The molecule has 3 aromatic rings. The number of methoxy groups -OCH3 is 1. The number of amides is 1. The first-order valence-electron chi connectivity index (χ1n) is 9.44. The van der Waals surface area contributed by atoms with Gasteiger partial charge in [-0.3, -0.25) is 14.6 Å². The molecular formula is C22H20FN3O4. The minimum Gasteiger partial charge on any atom is -0.503 e. The number of fused-ring (bicyclic) bond motifs is 1. The molecule has 0 saturated heterocycles. The van der Waals surface area contributed by atoms with E-state index >= 15 is 0 Å². The molecule has 1 amide bonds. The van der Waals surface area contributed by atoms with Crippen molar-refractivity contribution in [2.75, 3.05) is 13.7 Å². The maximum Gasteiger partial charge on any atom is 0.274 e. The van der Waals surface area contributed by atoms with Gasteiger partial charge in [0.25, 0.3) is 5.91 Å². The van der Waals surface area contributed by atoms with Gasteiger partial charge in [0.2, 0.25) is 5.43 Å². The highest BCUT2D eigenvalue weighted by Gasteiger charge is 2.33. The first-order chi connectivity index (χ1) is 14.5. The highest BCUT2D eigenvalue weighted by Crippen LogP contribution is 2.29. The Bertz CT molecular complexity index is 1140. The van der Waals surface area contributed by atoms with Crippen molar-refractivity contribution in [3.8, 4) is 17.0 Å². The molecule has 154 valence electrons. The van der Waals surface area contributed by atoms with Crippen molar-refractivity contribution >= 4 is 5.91 Å². The van der Waals surface area contributed by atoms with Crippen LogP contribution in [0.4, 0.5) is 4.39 Å². The second-order valence-electron chi connectivity index (χ2n) is 7.00. The fourth-order valence-corrected chi connectivity index (χ4v) is 3.71. The Kier molecular flexibility index (Phi) is 5.33. The number of rotatable bonds is 5. The van der Waals surface area contributed by atoms with Gasteiger partial charge in [0, 0.05) is 32.9 Å². The highest BCUT2D eigenvalue weighted by molar-refractivity contribution is 5.96. The summed E-state index contributed by atoms with van der Waals surface area (Å²) in [6.45, 7) is 1.06. The molecule has 1 N–H and O–H groups in total. The molecule has 8 heteroatoms. The van der Waals surface area contributed by atoms with E-state index < -0.39 is 17.1 Å². The number of aromatic hydroxyl groups is 1. The Morgan fingerprint density at radius 1 is 1.13 bits per heavy atom. The molecule has 1 aliphatic heterocycles. The van der Waals surface area contributed by atoms with Crippen LogP contribution in [-0.2, 0) is 24.4 Å². The van der Waals surface area contributed by atoms with Crippen LogP contribution in [0.5, 0.6) is 5.75 Å². The zero-order chi connectivity index (χ0) is 21.3. The predicted molar refractivity (Wildman–Crippen MR) is 107 cm³/mol. The Labute approximate surface area is 172 Å². The molecule has 0 fully saturated rings. The molecule has 4 rings (SSSR count). The van der Waals surface area contributed by atoms with E-state index in [1.54, 1.807) is 41.1 Å². The number of ether oxygens (including phenoxy) is 1. The number of pyridine rings is 2. The molecule has 0 radical (unpaired) electrons. The zero-order valence-electron chi connectivity index (χ0n) is 16.3. The molecule has 0 atom stereocenters. The van der Waals surface area contributed by atoms with Crippen LogP contribution >= 0.6 is 0 Å². The van der Waals surface area contributed by atoms with Crippen LogP contribution in [0.25, 0.3) is 11.3 Å². The summed E-state index contributed by atoms with van der Waals surface area (Å²) < 4.78 is 20.1. The molecule has 7 nitrogen and oxygen atoms in total. The molecule has 2 aromatic heterocycles. The maximum absolute atomic E-state index is 13.2. The van der Waals surface area contributed by atoms with E-state index in [4.69, 9.17) is 4.74 Å². The third kappa shape index (κ3) is 3.46. The molecule has 1 aromatic carbocycles. The summed E-state index contributed by atoms with van der Waals surface area (Å²) in [5, 5.41) is 10.7. The van der Waals surface area contributed by atoms with Gasteiger partial charge in [-0.1, -0.05) is 18.2 Å². The van der Waals surface area contributed by atoms with E-state index in [1.807, 2.05) is 0 Å². The number of benzene rings is 1. The predicted octanol–water partition coefficient (Wildman–Crippen LogP) is 2.56. The molecular weight excluding hydrogens is 389 g/mol. The van der Waals surface area contributed by atoms with Crippen molar-refractivity contribution in [1.82, 2.24) is 14.5 Å². The number of hydrogen-bond donors (Lipinski definition) is 1. The van der Waals surface area contributed by atoms with Crippen LogP contribution in [0.2, 0.25) is 0 Å². The lowest BCUT2D eigenvalue weighted by atomic mass is 10.0. The topological polar surface area (TPSA) is 84.7 Å². The standard InChI is InChI=1S/C22H20FN3O4/c1-30-13-17-18(16-4-2-3-9-24-16)20(27)21(28)19-22(29)25(10-11-26(17)19)12-14-5-7-15(23)8-6-14/h2-9,28H,10-13H2,1H3. The summed E-state index contributed by atoms with van der Waals surface area (Å²) in [5.74, 6) is -1.43. The van der Waals surface area contributed by atoms with Crippen LogP contribution in [-0.4, -0.2) is 39.1 Å². The summed E-state index contributed by atoms with van der Waals surface area (Å²) in [4.78, 5) is 31.9. The lowest BCUT2D eigenvalue weighted by Gasteiger charge is -2.32. The first-order valence-corrected chi connectivity index (χ1v) is 9.44. The van der Waals surface area contributed by atoms with Gasteiger partial charge in [-0.2, -0.15) is 0 Å². The van der Waals surface area contributed by atoms with Crippen LogP contribution in [0.3, 0.4) is 0 Å². The van der Waals surface area contributed by atoms with Crippen LogP contribution in [0, 0.1) is 5.82 Å². The minimum atomic E-state index is -0.663. The van der Waals surface area contributed by atoms with Crippen molar-refractivity contribution in [3.05, 3.63) is 81.7 Å². The SMILES string of the molecule is COCc1c(-c2ccccn2)c(=O)c(O)c2n1CCN(Cc1ccc(F)cc1)C2=O. The lowest BCUT2D eigenvalue weighted by Crippen LogP contribution is -2.42. The van der Waals surface area contributed by atoms with Crippen LogP contribution < -0.4 is 5.43 Å². The van der Waals surface area contributed by atoms with Gasteiger partial charge in [0.05, 0.1) is 23.6 Å². The maximum atomic E-state index is 13.2. The van der Waals surface area contributed by atoms with E-state index in [-0.39, 0.29) is 30.2 Å². The number of halogens is 1. The summed E-state index contributed by atoms with van der Waals surface area (Å²) in [7, 11) is 1.50. The quantitative estimate of drug-likeness (QED) is 0.700. The molecule has 0 unspecified atom stereocenters. The average molecular weight is 409 g/mol. The largest absolute Gasteiger partial charge is 0.503 e. The fraction of sp³-hybridized carbons (Fsp3) is 0.227. The lowest BCUT2D eigenvalue weighted by molar-refractivity contribution is 0.0676. The van der Waals surface area contributed by atoms with Gasteiger partial charge in [-0.25, -0.2) is 4.39 Å². The Hall–Kier alpha value is -3.52. The van der Waals surface area contributed by atoms with Crippen molar-refractivity contribution in [3.63, 3.8) is 0 Å². The van der Waals surface area contributed by atoms with E-state index in [9.17, 15) is 19.1 Å². The van der Waals surface area contributed by atoms with Gasteiger partial charge >= 0.3 is 0 Å². The number of hydrogen-bond acceptors (Lipinski definition) is 5. The van der Waals surface area contributed by atoms with Crippen molar-refractivity contribution in [2.24, 2.45) is 0 Å². The number of nitrogens with zero attached hydrogens (tertiary/aromatic N) is 3. The highest BCUT2D eigenvalue weighted by atomic mass is 19.1. The molecule has 3 heterocycles. The van der Waals surface area contributed by atoms with Gasteiger partial charge < -0.3 is 19.3 Å².